The van der Waals surface area contributed by atoms with Crippen molar-refractivity contribution in [1.82, 2.24) is 20.9 Å². The molecule has 1 atom stereocenters. The number of nitrogens with one attached hydrogen (secondary N) is 3. The van der Waals surface area contributed by atoms with Crippen molar-refractivity contribution < 1.29 is 52.2 Å². The zero-order valence-corrected chi connectivity index (χ0v) is 22.0. The molecular weight excluding hydrogens is 531 g/mol. The van der Waals surface area contributed by atoms with Crippen LogP contribution in [-0.2, 0) is 28.8 Å². The molecule has 0 aromatic carbocycles. The summed E-state index contributed by atoms with van der Waals surface area (Å²) < 4.78 is 31.7. The van der Waals surface area contributed by atoms with Crippen LogP contribution in [0.4, 0.5) is 13.2 Å². The molecule has 222 valence electrons. The number of carboxylic acid groups (broad SMARTS) is 2. The Bertz CT molecular complexity index is 905. The number of likely N-dealkylation sites (N-methyl/N-ethyl adjacent to an activating group) is 1. The molecule has 0 aliphatic heterocycles. The van der Waals surface area contributed by atoms with Crippen molar-refractivity contribution in [2.75, 3.05) is 26.7 Å². The fourth-order valence-corrected chi connectivity index (χ4v) is 2.67. The van der Waals surface area contributed by atoms with Gasteiger partial charge in [0.25, 0.3) is 5.91 Å². The first-order valence-electron chi connectivity index (χ1n) is 11.7. The van der Waals surface area contributed by atoms with E-state index >= 15 is 0 Å². The molecule has 0 saturated heterocycles. The number of carbonyl (C=O) groups is 6. The third-order valence-corrected chi connectivity index (χ3v) is 4.96. The molecule has 39 heavy (non-hydrogen) atoms. The first kappa shape index (κ1) is 37.2. The lowest BCUT2D eigenvalue weighted by molar-refractivity contribution is -0.192. The van der Waals surface area contributed by atoms with Gasteiger partial charge >= 0.3 is 18.1 Å². The van der Waals surface area contributed by atoms with E-state index in [2.05, 4.69) is 22.5 Å². The highest BCUT2D eigenvalue weighted by Crippen LogP contribution is 2.13. The minimum absolute atomic E-state index is 0.0804. The summed E-state index contributed by atoms with van der Waals surface area (Å²) in [6.07, 6.45) is -0.690. The summed E-state index contributed by atoms with van der Waals surface area (Å²) in [5.41, 5.74) is 4.99. The fraction of sp³-hybridized carbons (Fsp3) is 0.565. The van der Waals surface area contributed by atoms with Crippen LogP contribution in [-0.4, -0.2) is 89.6 Å². The summed E-state index contributed by atoms with van der Waals surface area (Å²) >= 11 is 0. The number of carboxylic acids is 2. The normalized spacial score (nSPS) is 11.6. The molecule has 0 fully saturated rings. The third-order valence-electron chi connectivity index (χ3n) is 4.96. The Kier molecular flexibility index (Phi) is 18.3. The highest BCUT2D eigenvalue weighted by atomic mass is 19.4. The minimum atomic E-state index is -5.08. The molecule has 0 aliphatic carbocycles. The average molecular weight is 568 g/mol. The van der Waals surface area contributed by atoms with E-state index in [1.165, 1.54) is 13.1 Å². The van der Waals surface area contributed by atoms with Crippen molar-refractivity contribution in [3.05, 3.63) is 24.4 Å². The van der Waals surface area contributed by atoms with Crippen LogP contribution >= 0.6 is 0 Å². The van der Waals surface area contributed by atoms with E-state index in [4.69, 9.17) is 20.7 Å². The van der Waals surface area contributed by atoms with Crippen molar-refractivity contribution in [2.45, 2.75) is 51.7 Å². The Morgan fingerprint density at radius 2 is 1.59 bits per heavy atom. The van der Waals surface area contributed by atoms with Crippen molar-refractivity contribution >= 4 is 35.6 Å². The highest BCUT2D eigenvalue weighted by Gasteiger charge is 2.38. The predicted molar refractivity (Wildman–Crippen MR) is 133 cm³/mol. The number of allylic oxidation sites excluding steroid dienone is 1. The van der Waals surface area contributed by atoms with E-state index in [1.807, 2.05) is 13.8 Å². The lowest BCUT2D eigenvalue weighted by atomic mass is 10.0. The molecule has 0 aromatic rings. The van der Waals surface area contributed by atoms with Crippen LogP contribution in [0.25, 0.3) is 0 Å². The van der Waals surface area contributed by atoms with Gasteiger partial charge in [0, 0.05) is 19.7 Å². The first-order valence-corrected chi connectivity index (χ1v) is 11.7. The van der Waals surface area contributed by atoms with Gasteiger partial charge in [-0.15, -0.1) is 0 Å². The monoisotopic (exact) mass is 567 g/mol. The number of carbonyl (C=O) groups excluding carboxylic acids is 4. The van der Waals surface area contributed by atoms with Gasteiger partial charge < -0.3 is 36.8 Å². The maximum absolute atomic E-state index is 12.5. The minimum Gasteiger partial charge on any atom is -0.478 e. The molecule has 0 rings (SSSR count). The van der Waals surface area contributed by atoms with E-state index in [0.717, 1.165) is 23.8 Å². The number of halogens is 3. The van der Waals surface area contributed by atoms with Crippen molar-refractivity contribution in [1.29, 1.82) is 0 Å². The zero-order chi connectivity index (χ0) is 30.8. The van der Waals surface area contributed by atoms with E-state index in [9.17, 15) is 37.1 Å². The van der Waals surface area contributed by atoms with Crippen molar-refractivity contribution in [2.24, 2.45) is 11.7 Å². The Morgan fingerprint density at radius 1 is 1.05 bits per heavy atom. The van der Waals surface area contributed by atoms with Crippen LogP contribution in [0.3, 0.4) is 0 Å². The maximum atomic E-state index is 12.5. The summed E-state index contributed by atoms with van der Waals surface area (Å²) in [6.45, 7) is 7.58. The first-order chi connectivity index (χ1) is 18.0. The molecular formula is C23H36F3N5O8. The van der Waals surface area contributed by atoms with Gasteiger partial charge in [0.15, 0.2) is 0 Å². The second-order valence-corrected chi connectivity index (χ2v) is 8.06. The Hall–Kier alpha value is -3.95. The Balaban J connectivity index is 0. The molecule has 0 saturated carbocycles. The van der Waals surface area contributed by atoms with Gasteiger partial charge in [-0.05, 0) is 18.8 Å². The fourth-order valence-electron chi connectivity index (χ4n) is 2.67. The second-order valence-electron chi connectivity index (χ2n) is 8.06. The van der Waals surface area contributed by atoms with Gasteiger partial charge in [-0.2, -0.15) is 13.2 Å². The molecule has 13 nitrogen and oxygen atoms in total. The number of nitrogens with two attached hydrogens (primary N) is 1. The lowest BCUT2D eigenvalue weighted by Gasteiger charge is -2.21. The molecule has 1 unspecified atom stereocenters. The van der Waals surface area contributed by atoms with Crippen molar-refractivity contribution in [3.8, 4) is 0 Å². The number of aliphatic carboxylic acids is 2. The maximum Gasteiger partial charge on any atom is 0.490 e. The van der Waals surface area contributed by atoms with Crippen LogP contribution in [0.2, 0.25) is 0 Å². The van der Waals surface area contributed by atoms with Gasteiger partial charge in [-0.25, -0.2) is 9.59 Å². The smallest absolute Gasteiger partial charge is 0.478 e. The third kappa shape index (κ3) is 18.0. The lowest BCUT2D eigenvalue weighted by Crippen LogP contribution is -2.50. The molecule has 0 aromatic heterocycles. The largest absolute Gasteiger partial charge is 0.490 e. The highest BCUT2D eigenvalue weighted by molar-refractivity contribution is 6.00. The molecule has 0 radical (unpaired) electrons. The van der Waals surface area contributed by atoms with Crippen LogP contribution in [0.5, 0.6) is 0 Å². The number of amides is 4. The molecule has 0 bridgehead atoms. The standard InChI is InChI=1S/C21H35N5O6.C2HF3O2/c1-5-15(6-2)12-23-18(28)13-26(4)21(32)14(3)24-20(31)16(25-17(27)11-22)9-7-8-10-19(29)30;3-2(4,5)1(6)7/h8,10,15-16H,3,5-7,9,11-13,22H2,1-2,4H3,(H,23,28)(H,24,31)(H,25,27)(H,29,30);(H,6,7)/b10-8+;. The van der Waals surface area contributed by atoms with Crippen LogP contribution in [0.1, 0.15) is 39.5 Å². The van der Waals surface area contributed by atoms with Gasteiger partial charge in [0.2, 0.25) is 17.7 Å². The average Bonchev–Trinajstić information content (AvgIpc) is 2.85. The van der Waals surface area contributed by atoms with E-state index in [0.29, 0.717) is 12.5 Å². The van der Waals surface area contributed by atoms with Crippen LogP contribution in [0.15, 0.2) is 24.4 Å². The van der Waals surface area contributed by atoms with Crippen LogP contribution in [0, 0.1) is 5.92 Å². The van der Waals surface area contributed by atoms with Gasteiger partial charge in [0.1, 0.15) is 6.04 Å². The van der Waals surface area contributed by atoms with Crippen molar-refractivity contribution in [3.63, 3.8) is 0 Å². The molecule has 0 aliphatic rings. The molecule has 16 heteroatoms. The van der Waals surface area contributed by atoms with Gasteiger partial charge in [-0.3, -0.25) is 19.2 Å². The topological polar surface area (TPSA) is 208 Å². The summed E-state index contributed by atoms with van der Waals surface area (Å²) in [6, 6.07) is -1.05. The number of nitrogens with zero attached hydrogens (tertiary/aromatic N) is 1. The number of hydrogen-bond donors (Lipinski definition) is 6. The number of hydrogen-bond acceptors (Lipinski definition) is 7. The zero-order valence-electron chi connectivity index (χ0n) is 22.0. The summed E-state index contributed by atoms with van der Waals surface area (Å²) in [4.78, 5) is 69.2. The summed E-state index contributed by atoms with van der Waals surface area (Å²) in [5, 5.41) is 23.3. The predicted octanol–water partition coefficient (Wildman–Crippen LogP) is 0.125. The molecule has 0 heterocycles. The quantitative estimate of drug-likeness (QED) is 0.148. The van der Waals surface area contributed by atoms with E-state index in [-0.39, 0.29) is 37.5 Å². The Morgan fingerprint density at radius 3 is 2.03 bits per heavy atom. The molecule has 0 spiro atoms. The SMILES string of the molecule is C=C(NC(=O)C(CC/C=C/C(=O)O)NC(=O)CN)C(=O)N(C)CC(=O)NCC(CC)CC.O=C(O)C(F)(F)F. The van der Waals surface area contributed by atoms with E-state index < -0.39 is 41.9 Å². The molecule has 7 N–H and O–H groups in total. The van der Waals surface area contributed by atoms with Crippen LogP contribution < -0.4 is 21.7 Å². The van der Waals surface area contributed by atoms with Gasteiger partial charge in [0.05, 0.1) is 18.8 Å². The number of rotatable bonds is 15. The van der Waals surface area contributed by atoms with E-state index in [1.54, 1.807) is 0 Å². The summed E-state index contributed by atoms with van der Waals surface area (Å²) in [7, 11) is 1.40. The Labute approximate surface area is 223 Å². The molecule has 4 amide bonds. The summed E-state index contributed by atoms with van der Waals surface area (Å²) in [5.74, 6) is -5.82. The number of alkyl halides is 3. The second kappa shape index (κ2) is 19.2. The van der Waals surface area contributed by atoms with Gasteiger partial charge in [-0.1, -0.05) is 39.3 Å².